The third kappa shape index (κ3) is 4.28. The quantitative estimate of drug-likeness (QED) is 0.771. The molecule has 1 heterocycles. The van der Waals surface area contributed by atoms with Crippen LogP contribution in [0.3, 0.4) is 0 Å². The molecule has 0 radical (unpaired) electrons. The minimum absolute atomic E-state index is 0.00667. The van der Waals surface area contributed by atoms with Crippen molar-refractivity contribution in [2.45, 2.75) is 6.42 Å². The molecule has 2 aromatic carbocycles. The lowest BCUT2D eigenvalue weighted by molar-refractivity contribution is -0.151. The number of rotatable bonds is 6. The average molecular weight is 386 g/mol. The number of hydrogen-bond acceptors (Lipinski definition) is 5. The lowest BCUT2D eigenvalue weighted by Gasteiger charge is -2.17. The number of ether oxygens (including phenoxy) is 2. The van der Waals surface area contributed by atoms with Crippen molar-refractivity contribution in [2.75, 3.05) is 30.5 Å². The van der Waals surface area contributed by atoms with E-state index in [2.05, 4.69) is 5.32 Å². The van der Waals surface area contributed by atoms with E-state index < -0.39 is 30.2 Å². The van der Waals surface area contributed by atoms with Crippen LogP contribution in [-0.2, 0) is 19.1 Å². The van der Waals surface area contributed by atoms with E-state index in [4.69, 9.17) is 9.47 Å². The Morgan fingerprint density at radius 3 is 2.64 bits per heavy atom. The number of carbonyl (C=O) groups is 3. The number of methoxy groups -OCH3 is 1. The van der Waals surface area contributed by atoms with Gasteiger partial charge in [-0.05, 0) is 24.3 Å². The summed E-state index contributed by atoms with van der Waals surface area (Å²) in [6.07, 6.45) is -0.0959. The third-order valence-electron chi connectivity index (χ3n) is 4.33. The van der Waals surface area contributed by atoms with Gasteiger partial charge < -0.3 is 19.7 Å². The molecule has 1 aliphatic heterocycles. The number of esters is 1. The van der Waals surface area contributed by atoms with Crippen LogP contribution in [0.2, 0.25) is 0 Å². The molecule has 0 aliphatic carbocycles. The van der Waals surface area contributed by atoms with Crippen molar-refractivity contribution in [1.29, 1.82) is 0 Å². The molecule has 0 unspecified atom stereocenters. The maximum Gasteiger partial charge on any atom is 0.311 e. The van der Waals surface area contributed by atoms with Crippen molar-refractivity contribution < 1.29 is 28.2 Å². The number of nitrogens with one attached hydrogen (secondary N) is 1. The summed E-state index contributed by atoms with van der Waals surface area (Å²) >= 11 is 0. The maximum atomic E-state index is 13.9. The minimum Gasteiger partial charge on any atom is -0.495 e. The van der Waals surface area contributed by atoms with Gasteiger partial charge in [0.25, 0.3) is 5.91 Å². The fraction of sp³-hybridized carbons (Fsp3) is 0.250. The number of amides is 2. The van der Waals surface area contributed by atoms with Gasteiger partial charge in [0.1, 0.15) is 11.6 Å². The van der Waals surface area contributed by atoms with Crippen molar-refractivity contribution in [3.8, 4) is 5.75 Å². The van der Waals surface area contributed by atoms with E-state index in [1.165, 1.54) is 30.2 Å². The van der Waals surface area contributed by atoms with E-state index in [0.717, 1.165) is 0 Å². The van der Waals surface area contributed by atoms with E-state index in [1.54, 1.807) is 30.3 Å². The number of nitrogens with zero attached hydrogens (tertiary/aromatic N) is 1. The van der Waals surface area contributed by atoms with Crippen molar-refractivity contribution in [2.24, 2.45) is 5.92 Å². The van der Waals surface area contributed by atoms with Crippen LogP contribution >= 0.6 is 0 Å². The van der Waals surface area contributed by atoms with Crippen LogP contribution in [0.4, 0.5) is 15.8 Å². The molecule has 146 valence electrons. The van der Waals surface area contributed by atoms with Crippen LogP contribution in [0.15, 0.2) is 48.5 Å². The van der Waals surface area contributed by atoms with E-state index >= 15 is 0 Å². The molecule has 1 aliphatic rings. The molecule has 1 atom stereocenters. The highest BCUT2D eigenvalue weighted by molar-refractivity contribution is 6.00. The molecule has 1 N–H and O–H groups in total. The molecular weight excluding hydrogens is 367 g/mol. The molecule has 1 saturated heterocycles. The van der Waals surface area contributed by atoms with Gasteiger partial charge in [-0.1, -0.05) is 24.3 Å². The van der Waals surface area contributed by atoms with Gasteiger partial charge in [0.2, 0.25) is 5.91 Å². The molecule has 2 aromatic rings. The van der Waals surface area contributed by atoms with E-state index in [-0.39, 0.29) is 24.6 Å². The first-order valence-corrected chi connectivity index (χ1v) is 8.64. The zero-order chi connectivity index (χ0) is 20.1. The summed E-state index contributed by atoms with van der Waals surface area (Å²) in [5.41, 5.74) is 0.574. The van der Waals surface area contributed by atoms with Crippen LogP contribution in [-0.4, -0.2) is 38.0 Å². The molecule has 0 spiro atoms. The highest BCUT2D eigenvalue weighted by Crippen LogP contribution is 2.28. The highest BCUT2D eigenvalue weighted by atomic mass is 19.1. The van der Waals surface area contributed by atoms with Crippen LogP contribution < -0.4 is 15.0 Å². The lowest BCUT2D eigenvalue weighted by Crippen LogP contribution is -2.28. The second-order valence-electron chi connectivity index (χ2n) is 6.21. The zero-order valence-corrected chi connectivity index (χ0v) is 15.2. The summed E-state index contributed by atoms with van der Waals surface area (Å²) in [5.74, 6) is -2.41. The van der Waals surface area contributed by atoms with Crippen LogP contribution in [0, 0.1) is 11.7 Å². The molecule has 7 nitrogen and oxygen atoms in total. The van der Waals surface area contributed by atoms with Crippen LogP contribution in [0.5, 0.6) is 5.75 Å². The first-order valence-electron chi connectivity index (χ1n) is 8.64. The smallest absolute Gasteiger partial charge is 0.311 e. The van der Waals surface area contributed by atoms with Crippen molar-refractivity contribution >= 4 is 29.2 Å². The van der Waals surface area contributed by atoms with Crippen LogP contribution in [0.1, 0.15) is 6.42 Å². The van der Waals surface area contributed by atoms with Gasteiger partial charge in [-0.25, -0.2) is 4.39 Å². The van der Waals surface area contributed by atoms with E-state index in [9.17, 15) is 18.8 Å². The molecular formula is C20H19FN2O5. The topological polar surface area (TPSA) is 84.9 Å². The van der Waals surface area contributed by atoms with E-state index in [1.807, 2.05) is 0 Å². The van der Waals surface area contributed by atoms with E-state index in [0.29, 0.717) is 11.4 Å². The molecule has 0 aromatic heterocycles. The van der Waals surface area contributed by atoms with Crippen LogP contribution in [0.25, 0.3) is 0 Å². The molecule has 0 bridgehead atoms. The number of halogens is 1. The molecule has 0 saturated carbocycles. The third-order valence-corrected chi connectivity index (χ3v) is 4.33. The first kappa shape index (κ1) is 19.3. The Morgan fingerprint density at radius 1 is 1.18 bits per heavy atom. The zero-order valence-electron chi connectivity index (χ0n) is 15.2. The first-order chi connectivity index (χ1) is 13.5. The maximum absolute atomic E-state index is 13.9. The Hall–Kier alpha value is -3.42. The molecule has 1 fully saturated rings. The van der Waals surface area contributed by atoms with Gasteiger partial charge in [0.05, 0.1) is 24.4 Å². The summed E-state index contributed by atoms with van der Waals surface area (Å²) in [5, 5.41) is 2.59. The fourth-order valence-corrected chi connectivity index (χ4v) is 2.96. The van der Waals surface area contributed by atoms with Crippen molar-refractivity contribution in [3.05, 3.63) is 54.3 Å². The molecule has 3 rings (SSSR count). The Labute approximate surface area is 161 Å². The number of anilines is 2. The minimum atomic E-state index is -0.758. The van der Waals surface area contributed by atoms with Crippen molar-refractivity contribution in [3.63, 3.8) is 0 Å². The summed E-state index contributed by atoms with van der Waals surface area (Å²) in [6, 6.07) is 12.7. The fourth-order valence-electron chi connectivity index (χ4n) is 2.96. The van der Waals surface area contributed by atoms with Gasteiger partial charge in [-0.3, -0.25) is 14.4 Å². The number of hydrogen-bond donors (Lipinski definition) is 1. The molecule has 28 heavy (non-hydrogen) atoms. The predicted octanol–water partition coefficient (Wildman–Crippen LogP) is 2.37. The largest absolute Gasteiger partial charge is 0.495 e. The standard InChI is InChI=1S/C20H19FN2O5/c1-27-17-9-5-3-7-15(17)22-18(24)12-28-20(26)13-10-19(25)23(11-13)16-8-4-2-6-14(16)21/h2-9,13H,10-12H2,1H3,(H,22,24)/t13-/m0/s1. The Bertz CT molecular complexity index is 902. The summed E-state index contributed by atoms with van der Waals surface area (Å²) in [7, 11) is 1.48. The van der Waals surface area contributed by atoms with Crippen molar-refractivity contribution in [1.82, 2.24) is 0 Å². The Kier molecular flexibility index (Phi) is 5.88. The normalized spacial score (nSPS) is 16.0. The Morgan fingerprint density at radius 2 is 1.89 bits per heavy atom. The number of carbonyl (C=O) groups excluding carboxylic acids is 3. The monoisotopic (exact) mass is 386 g/mol. The van der Waals surface area contributed by atoms with Gasteiger partial charge in [0, 0.05) is 13.0 Å². The summed E-state index contributed by atoms with van der Waals surface area (Å²) in [4.78, 5) is 37.6. The van der Waals surface area contributed by atoms with Gasteiger partial charge in [0.15, 0.2) is 6.61 Å². The lowest BCUT2D eigenvalue weighted by atomic mass is 10.1. The molecule has 8 heteroatoms. The second kappa shape index (κ2) is 8.51. The van der Waals surface area contributed by atoms with Gasteiger partial charge in [-0.15, -0.1) is 0 Å². The second-order valence-corrected chi connectivity index (χ2v) is 6.21. The predicted molar refractivity (Wildman–Crippen MR) is 99.4 cm³/mol. The Balaban J connectivity index is 1.55. The van der Waals surface area contributed by atoms with Gasteiger partial charge in [-0.2, -0.15) is 0 Å². The summed E-state index contributed by atoms with van der Waals surface area (Å²) in [6.45, 7) is -0.492. The number of benzene rings is 2. The summed E-state index contributed by atoms with van der Waals surface area (Å²) < 4.78 is 24.1. The number of para-hydroxylation sites is 3. The average Bonchev–Trinajstić information content (AvgIpc) is 3.08. The molecule has 2 amide bonds. The highest BCUT2D eigenvalue weighted by Gasteiger charge is 2.37. The SMILES string of the molecule is COc1ccccc1NC(=O)COC(=O)[C@H]1CC(=O)N(c2ccccc2F)C1. The van der Waals surface area contributed by atoms with Gasteiger partial charge >= 0.3 is 5.97 Å².